The normalized spacial score (nSPS) is 13.6. The third kappa shape index (κ3) is 5.51. The molecule has 37 heavy (non-hydrogen) atoms. The van der Waals surface area contributed by atoms with Gasteiger partial charge in [-0.05, 0) is 43.9 Å². The number of aromatic amines is 1. The van der Waals surface area contributed by atoms with Crippen LogP contribution in [0, 0.1) is 11.3 Å². The number of anilines is 1. The van der Waals surface area contributed by atoms with Gasteiger partial charge in [0.05, 0.1) is 24.8 Å². The molecule has 0 spiro atoms. The number of hydrogen-bond acceptors (Lipinski definition) is 7. The van der Waals surface area contributed by atoms with Gasteiger partial charge >= 0.3 is 0 Å². The third-order valence-corrected chi connectivity index (χ3v) is 5.90. The van der Waals surface area contributed by atoms with Crippen molar-refractivity contribution < 1.29 is 14.3 Å². The SMILES string of the molecule is CN(C)C/C=C/C(=O)Nc1cc(-c2cnc3[nH]cc(-c4cccc(C#N)c4)c3c2)cnc1OC1COC1. The standard InChI is InChI=1S/C28H26N6O3/c1-34(2)8-4-7-26(35)33-25-11-21(14-32-28(25)37-22-16-36-17-22)20-10-23-24(15-31-27(23)30-13-20)19-6-3-5-18(9-19)12-29/h3-7,9-11,13-15,22H,8,16-17H2,1-2H3,(H,30,31)(H,33,35)/b7-4+. The van der Waals surface area contributed by atoms with Crippen molar-refractivity contribution in [2.45, 2.75) is 6.10 Å². The van der Waals surface area contributed by atoms with E-state index < -0.39 is 0 Å². The van der Waals surface area contributed by atoms with E-state index in [9.17, 15) is 10.1 Å². The molecule has 9 nitrogen and oxygen atoms in total. The molecule has 4 aromatic rings. The number of benzene rings is 1. The number of fused-ring (bicyclic) bond motifs is 1. The van der Waals surface area contributed by atoms with E-state index in [1.54, 1.807) is 24.5 Å². The minimum atomic E-state index is -0.269. The number of likely N-dealkylation sites (N-methyl/N-ethyl adjacent to an activating group) is 1. The monoisotopic (exact) mass is 494 g/mol. The van der Waals surface area contributed by atoms with E-state index >= 15 is 0 Å². The van der Waals surface area contributed by atoms with Crippen molar-refractivity contribution in [3.05, 3.63) is 72.7 Å². The topological polar surface area (TPSA) is 116 Å². The number of H-pyrrole nitrogens is 1. The molecule has 1 saturated heterocycles. The van der Waals surface area contributed by atoms with E-state index in [0.29, 0.717) is 36.9 Å². The average molecular weight is 495 g/mol. The fourth-order valence-corrected chi connectivity index (χ4v) is 3.93. The van der Waals surface area contributed by atoms with Crippen molar-refractivity contribution in [1.29, 1.82) is 5.26 Å². The van der Waals surface area contributed by atoms with Crippen LogP contribution < -0.4 is 10.1 Å². The molecule has 0 aliphatic carbocycles. The van der Waals surface area contributed by atoms with Crippen LogP contribution in [0.1, 0.15) is 5.56 Å². The third-order valence-electron chi connectivity index (χ3n) is 5.90. The Morgan fingerprint density at radius 3 is 2.78 bits per heavy atom. The van der Waals surface area contributed by atoms with Gasteiger partial charge in [0.15, 0.2) is 0 Å². The summed E-state index contributed by atoms with van der Waals surface area (Å²) in [6.07, 6.45) is 8.55. The Kier molecular flexibility index (Phi) is 6.94. The van der Waals surface area contributed by atoms with Crippen molar-refractivity contribution in [3.8, 4) is 34.2 Å². The lowest BCUT2D eigenvalue weighted by molar-refractivity contribution is -0.112. The molecule has 0 atom stereocenters. The summed E-state index contributed by atoms with van der Waals surface area (Å²) in [4.78, 5) is 26.9. The van der Waals surface area contributed by atoms with Gasteiger partial charge < -0.3 is 24.7 Å². The minimum absolute atomic E-state index is 0.0945. The lowest BCUT2D eigenvalue weighted by atomic mass is 10.0. The number of aromatic nitrogens is 3. The van der Waals surface area contributed by atoms with Gasteiger partial charge in [0.25, 0.3) is 0 Å². The Balaban J connectivity index is 1.49. The average Bonchev–Trinajstić information content (AvgIpc) is 3.30. The van der Waals surface area contributed by atoms with E-state index in [2.05, 4.69) is 26.3 Å². The van der Waals surface area contributed by atoms with Crippen LogP contribution in [0.25, 0.3) is 33.3 Å². The number of ether oxygens (including phenoxy) is 2. The van der Waals surface area contributed by atoms with E-state index in [0.717, 1.165) is 33.3 Å². The number of nitriles is 1. The van der Waals surface area contributed by atoms with Gasteiger partial charge in [-0.2, -0.15) is 5.26 Å². The summed E-state index contributed by atoms with van der Waals surface area (Å²) in [5.41, 5.74) is 5.27. The molecule has 1 aliphatic heterocycles. The predicted octanol–water partition coefficient (Wildman–Crippen LogP) is 4.00. The second-order valence-corrected chi connectivity index (χ2v) is 9.02. The largest absolute Gasteiger partial charge is 0.468 e. The Labute approximate surface area is 214 Å². The zero-order valence-electron chi connectivity index (χ0n) is 20.6. The predicted molar refractivity (Wildman–Crippen MR) is 141 cm³/mol. The zero-order valence-corrected chi connectivity index (χ0v) is 20.6. The van der Waals surface area contributed by atoms with Crippen LogP contribution in [0.2, 0.25) is 0 Å². The lowest BCUT2D eigenvalue weighted by Gasteiger charge is -2.27. The van der Waals surface area contributed by atoms with Gasteiger partial charge in [0.2, 0.25) is 11.8 Å². The summed E-state index contributed by atoms with van der Waals surface area (Å²) in [6, 6.07) is 13.5. The van der Waals surface area contributed by atoms with Crippen molar-refractivity contribution >= 4 is 22.6 Å². The molecule has 9 heteroatoms. The summed E-state index contributed by atoms with van der Waals surface area (Å²) in [5.74, 6) is 0.0745. The molecular formula is C28H26N6O3. The number of nitrogens with one attached hydrogen (secondary N) is 2. The summed E-state index contributed by atoms with van der Waals surface area (Å²) in [6.45, 7) is 1.63. The molecule has 1 aromatic carbocycles. The fraction of sp³-hybridized carbons (Fsp3) is 0.214. The summed E-state index contributed by atoms with van der Waals surface area (Å²) >= 11 is 0. The first-order valence-electron chi connectivity index (χ1n) is 11.8. The molecule has 0 radical (unpaired) electrons. The summed E-state index contributed by atoms with van der Waals surface area (Å²) < 4.78 is 11.1. The van der Waals surface area contributed by atoms with Crippen LogP contribution in [0.3, 0.4) is 0 Å². The molecule has 3 aromatic heterocycles. The minimum Gasteiger partial charge on any atom is -0.468 e. The van der Waals surface area contributed by atoms with Gasteiger partial charge in [-0.3, -0.25) is 4.79 Å². The molecular weight excluding hydrogens is 468 g/mol. The van der Waals surface area contributed by atoms with E-state index in [4.69, 9.17) is 9.47 Å². The molecule has 5 rings (SSSR count). The van der Waals surface area contributed by atoms with Crippen LogP contribution in [-0.2, 0) is 9.53 Å². The van der Waals surface area contributed by atoms with E-state index in [-0.39, 0.29) is 12.0 Å². The highest BCUT2D eigenvalue weighted by atomic mass is 16.6. The number of carbonyl (C=O) groups is 1. The van der Waals surface area contributed by atoms with E-state index in [1.807, 2.05) is 55.5 Å². The van der Waals surface area contributed by atoms with Gasteiger partial charge in [0, 0.05) is 53.3 Å². The first kappa shape index (κ1) is 24.2. The molecule has 4 heterocycles. The summed E-state index contributed by atoms with van der Waals surface area (Å²) in [5, 5.41) is 13.1. The van der Waals surface area contributed by atoms with E-state index in [1.165, 1.54) is 6.08 Å². The Morgan fingerprint density at radius 1 is 1.22 bits per heavy atom. The fourth-order valence-electron chi connectivity index (χ4n) is 3.93. The van der Waals surface area contributed by atoms with Crippen molar-refractivity contribution in [1.82, 2.24) is 19.9 Å². The lowest BCUT2D eigenvalue weighted by Crippen LogP contribution is -2.39. The number of carbonyl (C=O) groups excluding carboxylic acids is 1. The van der Waals surface area contributed by atoms with Crippen LogP contribution in [0.4, 0.5) is 5.69 Å². The number of nitrogens with zero attached hydrogens (tertiary/aromatic N) is 4. The van der Waals surface area contributed by atoms with Gasteiger partial charge in [-0.25, -0.2) is 9.97 Å². The molecule has 186 valence electrons. The number of amides is 1. The smallest absolute Gasteiger partial charge is 0.248 e. The molecule has 2 N–H and O–H groups in total. The molecule has 1 fully saturated rings. The van der Waals surface area contributed by atoms with Crippen LogP contribution >= 0.6 is 0 Å². The highest BCUT2D eigenvalue weighted by Gasteiger charge is 2.23. The Hall–Kier alpha value is -4.52. The second-order valence-electron chi connectivity index (χ2n) is 9.02. The van der Waals surface area contributed by atoms with Gasteiger partial charge in [0.1, 0.15) is 17.4 Å². The van der Waals surface area contributed by atoms with Crippen LogP contribution in [-0.4, -0.2) is 65.7 Å². The Bertz CT molecular complexity index is 1510. The van der Waals surface area contributed by atoms with Gasteiger partial charge in [-0.15, -0.1) is 0 Å². The molecule has 1 amide bonds. The molecule has 1 aliphatic rings. The molecule has 0 bridgehead atoms. The van der Waals surface area contributed by atoms with Gasteiger partial charge in [-0.1, -0.05) is 18.2 Å². The van der Waals surface area contributed by atoms with Crippen LogP contribution in [0.15, 0.2) is 67.1 Å². The summed E-state index contributed by atoms with van der Waals surface area (Å²) in [7, 11) is 3.87. The first-order chi connectivity index (χ1) is 18.0. The van der Waals surface area contributed by atoms with Crippen molar-refractivity contribution in [2.75, 3.05) is 39.2 Å². The maximum absolute atomic E-state index is 12.6. The second kappa shape index (κ2) is 10.6. The number of hydrogen-bond donors (Lipinski definition) is 2. The number of rotatable bonds is 8. The van der Waals surface area contributed by atoms with Crippen LogP contribution in [0.5, 0.6) is 5.88 Å². The van der Waals surface area contributed by atoms with Crippen molar-refractivity contribution in [2.24, 2.45) is 0 Å². The highest BCUT2D eigenvalue weighted by Crippen LogP contribution is 2.34. The zero-order chi connectivity index (χ0) is 25.8. The quantitative estimate of drug-likeness (QED) is 0.356. The maximum atomic E-state index is 12.6. The maximum Gasteiger partial charge on any atom is 0.248 e. The first-order valence-corrected chi connectivity index (χ1v) is 11.8. The molecule has 0 saturated carbocycles. The molecule has 0 unspecified atom stereocenters. The number of pyridine rings is 2. The highest BCUT2D eigenvalue weighted by molar-refractivity contribution is 6.01. The Morgan fingerprint density at radius 2 is 2.03 bits per heavy atom. The van der Waals surface area contributed by atoms with Crippen molar-refractivity contribution in [3.63, 3.8) is 0 Å².